The molecular formula is C8H15O7P. The Hall–Kier alpha value is -1.07. The molecule has 0 saturated carbocycles. The Morgan fingerprint density at radius 1 is 1.19 bits per heavy atom. The minimum atomic E-state index is -0.934. The van der Waals surface area contributed by atoms with Gasteiger partial charge in [-0.15, -0.1) is 0 Å². The van der Waals surface area contributed by atoms with Gasteiger partial charge in [-0.2, -0.15) is 0 Å². The zero-order chi connectivity index (χ0) is 12.6. The summed E-state index contributed by atoms with van der Waals surface area (Å²) in [6.07, 6.45) is -3.24. The predicted octanol–water partition coefficient (Wildman–Crippen LogP) is 0.852. The summed E-state index contributed by atoms with van der Waals surface area (Å²) in [6.45, 7) is 2.69. The minimum Gasteiger partial charge on any atom is -0.432 e. The monoisotopic (exact) mass is 254 g/mol. The average Bonchev–Trinajstić information content (AvgIpc) is 2.23. The largest absolute Gasteiger partial charge is 0.510 e. The molecule has 8 heteroatoms. The van der Waals surface area contributed by atoms with Gasteiger partial charge >= 0.3 is 12.3 Å². The van der Waals surface area contributed by atoms with Crippen molar-refractivity contribution in [1.82, 2.24) is 0 Å². The first-order valence-electron chi connectivity index (χ1n) is 4.50. The minimum absolute atomic E-state index is 0.142. The van der Waals surface area contributed by atoms with Crippen LogP contribution in [0.3, 0.4) is 0 Å². The smallest absolute Gasteiger partial charge is 0.432 e. The SMILES string of the molecule is CC(O)COC(=O)OC(C)COC(=O)OP. The Morgan fingerprint density at radius 3 is 2.25 bits per heavy atom. The maximum Gasteiger partial charge on any atom is 0.510 e. The van der Waals surface area contributed by atoms with Crippen LogP contribution >= 0.6 is 9.47 Å². The summed E-state index contributed by atoms with van der Waals surface area (Å²) >= 11 is 0. The zero-order valence-electron chi connectivity index (χ0n) is 9.04. The van der Waals surface area contributed by atoms with E-state index in [-0.39, 0.29) is 13.2 Å². The first-order chi connectivity index (χ1) is 7.45. The van der Waals surface area contributed by atoms with Gasteiger partial charge in [0.25, 0.3) is 0 Å². The van der Waals surface area contributed by atoms with Gasteiger partial charge in [0.05, 0.1) is 15.6 Å². The maximum atomic E-state index is 10.9. The van der Waals surface area contributed by atoms with Crippen LogP contribution in [0.5, 0.6) is 0 Å². The van der Waals surface area contributed by atoms with Gasteiger partial charge in [0.15, 0.2) is 0 Å². The second kappa shape index (κ2) is 8.13. The number of carbonyl (C=O) groups is 2. The molecule has 1 N–H and O–H groups in total. The van der Waals surface area contributed by atoms with E-state index in [2.05, 4.69) is 18.7 Å². The molecule has 0 aliphatic heterocycles. The normalized spacial score (nSPS) is 13.5. The van der Waals surface area contributed by atoms with Crippen LogP contribution in [0.2, 0.25) is 0 Å². The Balaban J connectivity index is 3.65. The third-order valence-electron chi connectivity index (χ3n) is 1.27. The van der Waals surface area contributed by atoms with Crippen LogP contribution in [0.15, 0.2) is 0 Å². The summed E-state index contributed by atoms with van der Waals surface area (Å²) < 4.78 is 17.9. The van der Waals surface area contributed by atoms with E-state index in [4.69, 9.17) is 5.11 Å². The molecule has 0 aliphatic carbocycles. The lowest BCUT2D eigenvalue weighted by molar-refractivity contribution is -0.0142. The molecule has 0 aromatic rings. The fourth-order valence-electron chi connectivity index (χ4n) is 0.640. The highest BCUT2D eigenvalue weighted by molar-refractivity contribution is 7.10. The van der Waals surface area contributed by atoms with Crippen molar-refractivity contribution >= 4 is 21.8 Å². The highest BCUT2D eigenvalue weighted by Gasteiger charge is 2.13. The Labute approximate surface area is 95.3 Å². The summed E-state index contributed by atoms with van der Waals surface area (Å²) in [5.74, 6) is 0. The Morgan fingerprint density at radius 2 is 1.75 bits per heavy atom. The van der Waals surface area contributed by atoms with Gasteiger partial charge in [-0.1, -0.05) is 0 Å². The van der Waals surface area contributed by atoms with Crippen LogP contribution in [0.4, 0.5) is 9.59 Å². The summed E-state index contributed by atoms with van der Waals surface area (Å²) in [5.41, 5.74) is 0. The van der Waals surface area contributed by atoms with Crippen molar-refractivity contribution in [2.24, 2.45) is 0 Å². The fourth-order valence-corrected chi connectivity index (χ4v) is 0.708. The zero-order valence-corrected chi connectivity index (χ0v) is 10.2. The number of hydrogen-bond donors (Lipinski definition) is 1. The van der Waals surface area contributed by atoms with Crippen LogP contribution in [-0.4, -0.2) is 42.8 Å². The number of carbonyl (C=O) groups excluding carboxylic acids is 2. The molecule has 0 radical (unpaired) electrons. The van der Waals surface area contributed by atoms with Gasteiger partial charge in [0.2, 0.25) is 0 Å². The van der Waals surface area contributed by atoms with Crippen molar-refractivity contribution in [3.63, 3.8) is 0 Å². The van der Waals surface area contributed by atoms with E-state index < -0.39 is 24.5 Å². The van der Waals surface area contributed by atoms with Crippen LogP contribution in [0.1, 0.15) is 13.8 Å². The number of aliphatic hydroxyl groups is 1. The molecule has 0 fully saturated rings. The third kappa shape index (κ3) is 8.26. The highest BCUT2D eigenvalue weighted by Crippen LogP contribution is 1.99. The van der Waals surface area contributed by atoms with E-state index in [1.807, 2.05) is 0 Å². The van der Waals surface area contributed by atoms with Crippen LogP contribution < -0.4 is 0 Å². The Kier molecular flexibility index (Phi) is 7.58. The second-order valence-electron chi connectivity index (χ2n) is 3.02. The lowest BCUT2D eigenvalue weighted by Crippen LogP contribution is -2.24. The first-order valence-corrected chi connectivity index (χ1v) is 4.97. The van der Waals surface area contributed by atoms with E-state index in [9.17, 15) is 9.59 Å². The first kappa shape index (κ1) is 14.9. The molecule has 0 aliphatic rings. The topological polar surface area (TPSA) is 91.3 Å². The molecule has 0 saturated heterocycles. The third-order valence-corrected chi connectivity index (χ3v) is 1.46. The Bertz CT molecular complexity index is 230. The number of rotatable bonds is 5. The molecule has 94 valence electrons. The van der Waals surface area contributed by atoms with Crippen LogP contribution in [0.25, 0.3) is 0 Å². The molecule has 3 atom stereocenters. The molecule has 0 aromatic heterocycles. The van der Waals surface area contributed by atoms with Crippen molar-refractivity contribution in [3.05, 3.63) is 0 Å². The van der Waals surface area contributed by atoms with Crippen molar-refractivity contribution in [2.75, 3.05) is 13.2 Å². The number of ether oxygens (including phenoxy) is 3. The molecule has 0 spiro atoms. The number of hydrogen-bond acceptors (Lipinski definition) is 7. The second-order valence-corrected chi connectivity index (χ2v) is 3.25. The lowest BCUT2D eigenvalue weighted by atomic mass is 10.4. The van der Waals surface area contributed by atoms with Crippen molar-refractivity contribution < 1.29 is 33.4 Å². The summed E-state index contributed by atoms with van der Waals surface area (Å²) in [5, 5.41) is 8.82. The molecular weight excluding hydrogens is 239 g/mol. The highest BCUT2D eigenvalue weighted by atomic mass is 31.0. The molecule has 0 heterocycles. The van der Waals surface area contributed by atoms with E-state index in [1.165, 1.54) is 13.8 Å². The van der Waals surface area contributed by atoms with Crippen molar-refractivity contribution in [1.29, 1.82) is 0 Å². The van der Waals surface area contributed by atoms with Gasteiger partial charge < -0.3 is 23.8 Å². The van der Waals surface area contributed by atoms with E-state index in [0.29, 0.717) is 0 Å². The summed E-state index contributed by atoms with van der Waals surface area (Å²) in [7, 11) is 1.73. The van der Waals surface area contributed by atoms with Gasteiger partial charge in [-0.3, -0.25) is 0 Å². The van der Waals surface area contributed by atoms with Crippen LogP contribution in [0, 0.1) is 0 Å². The lowest BCUT2D eigenvalue weighted by Gasteiger charge is -2.13. The quantitative estimate of drug-likeness (QED) is 0.574. The van der Waals surface area contributed by atoms with Gasteiger partial charge in [0.1, 0.15) is 19.3 Å². The number of aliphatic hydroxyl groups excluding tert-OH is 1. The van der Waals surface area contributed by atoms with Gasteiger partial charge in [-0.05, 0) is 13.8 Å². The van der Waals surface area contributed by atoms with E-state index in [1.54, 1.807) is 9.47 Å². The molecule has 0 rings (SSSR count). The summed E-state index contributed by atoms with van der Waals surface area (Å²) in [6, 6.07) is 0. The summed E-state index contributed by atoms with van der Waals surface area (Å²) in [4.78, 5) is 21.5. The average molecular weight is 254 g/mol. The molecule has 3 unspecified atom stereocenters. The molecule has 7 nitrogen and oxygen atoms in total. The van der Waals surface area contributed by atoms with Gasteiger partial charge in [0, 0.05) is 0 Å². The van der Waals surface area contributed by atoms with Crippen molar-refractivity contribution in [3.8, 4) is 0 Å². The maximum absolute atomic E-state index is 10.9. The molecule has 16 heavy (non-hydrogen) atoms. The van der Waals surface area contributed by atoms with Crippen molar-refractivity contribution in [2.45, 2.75) is 26.1 Å². The molecule has 0 aromatic carbocycles. The van der Waals surface area contributed by atoms with E-state index in [0.717, 1.165) is 0 Å². The van der Waals surface area contributed by atoms with Crippen LogP contribution in [-0.2, 0) is 18.7 Å². The van der Waals surface area contributed by atoms with E-state index >= 15 is 0 Å². The predicted molar refractivity (Wildman–Crippen MR) is 55.7 cm³/mol. The molecule has 0 bridgehead atoms. The van der Waals surface area contributed by atoms with Gasteiger partial charge in [-0.25, -0.2) is 9.59 Å². The molecule has 0 amide bonds. The fraction of sp³-hybridized carbons (Fsp3) is 0.750. The standard InChI is InChI=1S/C8H15O7P/c1-5(9)3-12-7(10)14-6(2)4-13-8(11)15-16/h5-6,9H,3-4,16H2,1-2H3.